The summed E-state index contributed by atoms with van der Waals surface area (Å²) < 4.78 is 4.71. The van der Waals surface area contributed by atoms with E-state index in [9.17, 15) is 0 Å². The highest BCUT2D eigenvalue weighted by Crippen LogP contribution is 2.10. The second-order valence-corrected chi connectivity index (χ2v) is 4.23. The number of thiocarbonyl (C=S) groups is 1. The fraction of sp³-hybridized carbons (Fsp3) is 0.500. The minimum absolute atomic E-state index is 0.367. The Hall–Kier alpha value is -0.750. The molecule has 1 rings (SSSR count). The van der Waals surface area contributed by atoms with Crippen LogP contribution in [0.4, 0.5) is 0 Å². The van der Waals surface area contributed by atoms with Crippen molar-refractivity contribution in [3.05, 3.63) is 18.0 Å². The van der Waals surface area contributed by atoms with Crippen molar-refractivity contribution in [1.29, 1.82) is 0 Å². The first-order chi connectivity index (χ1) is 6.79. The summed E-state index contributed by atoms with van der Waals surface area (Å²) in [6.45, 7) is 0.834. The highest BCUT2D eigenvalue weighted by atomic mass is 32.2. The first-order valence-corrected chi connectivity index (χ1v) is 5.85. The van der Waals surface area contributed by atoms with Crippen LogP contribution in [0.1, 0.15) is 12.1 Å². The van der Waals surface area contributed by atoms with Crippen molar-refractivity contribution < 1.29 is 4.52 Å². The molecule has 0 amide bonds. The molecule has 0 aliphatic heterocycles. The second-order valence-electron chi connectivity index (χ2n) is 2.69. The van der Waals surface area contributed by atoms with E-state index in [0.29, 0.717) is 5.11 Å². The molecule has 0 bridgehead atoms. The highest BCUT2D eigenvalue weighted by Gasteiger charge is 1.96. The third-order valence-corrected chi connectivity index (χ3v) is 2.73. The molecule has 0 spiro atoms. The summed E-state index contributed by atoms with van der Waals surface area (Å²) in [6.07, 6.45) is 2.63. The molecule has 0 aliphatic carbocycles. The summed E-state index contributed by atoms with van der Waals surface area (Å²) in [7, 11) is 0. The quantitative estimate of drug-likeness (QED) is 0.565. The Bertz CT molecular complexity index is 264. The summed E-state index contributed by atoms with van der Waals surface area (Å²) in [6, 6.07) is 1.88. The van der Waals surface area contributed by atoms with Crippen molar-refractivity contribution >= 4 is 29.1 Å². The number of aromatic nitrogens is 1. The van der Waals surface area contributed by atoms with Gasteiger partial charge >= 0.3 is 0 Å². The molecule has 4 nitrogen and oxygen atoms in total. The molecule has 0 aliphatic rings. The molecule has 0 radical (unpaired) electrons. The van der Waals surface area contributed by atoms with Crippen LogP contribution in [0.3, 0.4) is 0 Å². The maximum absolute atomic E-state index is 5.28. The Kier molecular flexibility index (Phi) is 5.39. The topological polar surface area (TPSA) is 64.1 Å². The van der Waals surface area contributed by atoms with Gasteiger partial charge in [-0.05, 0) is 24.4 Å². The third-order valence-electron chi connectivity index (χ3n) is 1.51. The van der Waals surface area contributed by atoms with Crippen LogP contribution < -0.4 is 11.1 Å². The molecule has 1 aromatic rings. The van der Waals surface area contributed by atoms with Gasteiger partial charge in [-0.2, -0.15) is 11.8 Å². The van der Waals surface area contributed by atoms with Gasteiger partial charge in [-0.15, -0.1) is 0 Å². The lowest BCUT2D eigenvalue weighted by atomic mass is 10.5. The summed E-state index contributed by atoms with van der Waals surface area (Å²) in [5.41, 5.74) is 6.26. The monoisotopic (exact) mass is 231 g/mol. The third kappa shape index (κ3) is 5.08. The number of nitrogens with one attached hydrogen (secondary N) is 1. The molecule has 1 aromatic heterocycles. The van der Waals surface area contributed by atoms with Gasteiger partial charge in [0.05, 0.1) is 5.69 Å². The van der Waals surface area contributed by atoms with Crippen LogP contribution in [0, 0.1) is 0 Å². The fourth-order valence-electron chi connectivity index (χ4n) is 0.875. The first kappa shape index (κ1) is 11.3. The van der Waals surface area contributed by atoms with E-state index in [0.717, 1.165) is 30.2 Å². The Morgan fingerprint density at radius 1 is 1.71 bits per heavy atom. The summed E-state index contributed by atoms with van der Waals surface area (Å²) >= 11 is 6.49. The zero-order valence-electron chi connectivity index (χ0n) is 7.73. The van der Waals surface area contributed by atoms with Crippen LogP contribution >= 0.6 is 24.0 Å². The van der Waals surface area contributed by atoms with Gasteiger partial charge in [-0.25, -0.2) is 0 Å². The van der Waals surface area contributed by atoms with Crippen molar-refractivity contribution in [2.24, 2.45) is 5.73 Å². The van der Waals surface area contributed by atoms with Gasteiger partial charge in [0.2, 0.25) is 0 Å². The SMILES string of the molecule is NC(=S)NCCCSCc1ccon1. The van der Waals surface area contributed by atoms with Gasteiger partial charge in [-0.3, -0.25) is 0 Å². The first-order valence-electron chi connectivity index (χ1n) is 4.29. The smallest absolute Gasteiger partial charge is 0.163 e. The standard InChI is InChI=1S/C8H13N3OS2/c9-8(13)10-3-1-5-14-6-7-2-4-12-11-7/h2,4H,1,3,5-6H2,(H3,9,10,13). The Labute approximate surface area is 92.6 Å². The van der Waals surface area contributed by atoms with Gasteiger partial charge in [0.25, 0.3) is 0 Å². The lowest BCUT2D eigenvalue weighted by molar-refractivity contribution is 0.414. The number of hydrogen-bond acceptors (Lipinski definition) is 4. The highest BCUT2D eigenvalue weighted by molar-refractivity contribution is 7.98. The molecule has 0 fully saturated rings. The minimum Gasteiger partial charge on any atom is -0.376 e. The molecule has 0 saturated heterocycles. The van der Waals surface area contributed by atoms with E-state index in [-0.39, 0.29) is 0 Å². The van der Waals surface area contributed by atoms with Crippen molar-refractivity contribution in [3.8, 4) is 0 Å². The number of nitrogens with two attached hydrogens (primary N) is 1. The van der Waals surface area contributed by atoms with Gasteiger partial charge in [0.1, 0.15) is 6.26 Å². The molecule has 1 heterocycles. The Balaban J connectivity index is 1.92. The summed E-state index contributed by atoms with van der Waals surface area (Å²) in [4.78, 5) is 0. The number of hydrogen-bond donors (Lipinski definition) is 2. The van der Waals surface area contributed by atoms with E-state index >= 15 is 0 Å². The number of rotatable bonds is 6. The zero-order valence-corrected chi connectivity index (χ0v) is 9.37. The van der Waals surface area contributed by atoms with Crippen LogP contribution in [0.2, 0.25) is 0 Å². The predicted octanol–water partition coefficient (Wildman–Crippen LogP) is 1.13. The lowest BCUT2D eigenvalue weighted by Gasteiger charge is -2.02. The van der Waals surface area contributed by atoms with Crippen LogP contribution in [0.25, 0.3) is 0 Å². The lowest BCUT2D eigenvalue weighted by Crippen LogP contribution is -2.29. The zero-order chi connectivity index (χ0) is 10.2. The van der Waals surface area contributed by atoms with Crippen LogP contribution in [0.5, 0.6) is 0 Å². The van der Waals surface area contributed by atoms with Crippen LogP contribution in [0.15, 0.2) is 16.9 Å². The van der Waals surface area contributed by atoms with Crippen molar-refractivity contribution in [3.63, 3.8) is 0 Å². The Morgan fingerprint density at radius 3 is 3.21 bits per heavy atom. The summed E-state index contributed by atoms with van der Waals surface area (Å²) in [5, 5.41) is 7.08. The van der Waals surface area contributed by atoms with E-state index in [2.05, 4.69) is 22.7 Å². The molecule has 3 N–H and O–H groups in total. The molecule has 0 saturated carbocycles. The van der Waals surface area contributed by atoms with E-state index < -0.39 is 0 Å². The van der Waals surface area contributed by atoms with Gasteiger partial charge in [0, 0.05) is 18.4 Å². The molecule has 6 heteroatoms. The molecular formula is C8H13N3OS2. The van der Waals surface area contributed by atoms with Crippen LogP contribution in [-0.2, 0) is 5.75 Å². The molecule has 0 unspecified atom stereocenters. The molecule has 78 valence electrons. The normalized spacial score (nSPS) is 10.0. The molecule has 14 heavy (non-hydrogen) atoms. The molecular weight excluding hydrogens is 218 g/mol. The number of thioether (sulfide) groups is 1. The van der Waals surface area contributed by atoms with E-state index in [1.165, 1.54) is 0 Å². The van der Waals surface area contributed by atoms with Gasteiger partial charge in [0.15, 0.2) is 5.11 Å². The predicted molar refractivity (Wildman–Crippen MR) is 62.1 cm³/mol. The summed E-state index contributed by atoms with van der Waals surface area (Å²) in [5.74, 6) is 1.95. The van der Waals surface area contributed by atoms with Crippen molar-refractivity contribution in [2.75, 3.05) is 12.3 Å². The van der Waals surface area contributed by atoms with E-state index in [1.807, 2.05) is 17.8 Å². The largest absolute Gasteiger partial charge is 0.376 e. The average molecular weight is 231 g/mol. The second kappa shape index (κ2) is 6.67. The molecule has 0 atom stereocenters. The van der Waals surface area contributed by atoms with Crippen molar-refractivity contribution in [2.45, 2.75) is 12.2 Å². The van der Waals surface area contributed by atoms with Crippen LogP contribution in [-0.4, -0.2) is 22.6 Å². The maximum atomic E-state index is 5.28. The molecule has 0 aromatic carbocycles. The van der Waals surface area contributed by atoms with Crippen molar-refractivity contribution in [1.82, 2.24) is 10.5 Å². The van der Waals surface area contributed by atoms with E-state index in [1.54, 1.807) is 6.26 Å². The van der Waals surface area contributed by atoms with E-state index in [4.69, 9.17) is 10.3 Å². The number of nitrogens with zero attached hydrogens (tertiary/aromatic N) is 1. The van der Waals surface area contributed by atoms with Gasteiger partial charge in [-0.1, -0.05) is 5.16 Å². The van der Waals surface area contributed by atoms with Gasteiger partial charge < -0.3 is 15.6 Å². The fourth-order valence-corrected chi connectivity index (χ4v) is 1.83. The maximum Gasteiger partial charge on any atom is 0.163 e. The minimum atomic E-state index is 0.367. The average Bonchev–Trinajstić information content (AvgIpc) is 2.63. The Morgan fingerprint density at radius 2 is 2.57 bits per heavy atom.